The lowest BCUT2D eigenvalue weighted by atomic mass is 9.99. The number of nitrogens with zero attached hydrogens (tertiary/aromatic N) is 1. The van der Waals surface area contributed by atoms with Crippen LogP contribution in [0.3, 0.4) is 0 Å². The molecule has 1 atom stereocenters. The number of aromatic nitrogens is 1. The number of rotatable bonds is 3. The van der Waals surface area contributed by atoms with Gasteiger partial charge in [0.2, 0.25) is 0 Å². The molecule has 0 aliphatic carbocycles. The van der Waals surface area contributed by atoms with Gasteiger partial charge in [-0.3, -0.25) is 4.98 Å². The molecule has 4 heteroatoms. The third-order valence-corrected chi connectivity index (χ3v) is 3.98. The fourth-order valence-corrected chi connectivity index (χ4v) is 3.14. The standard InChI is InChI=1S/C16H16BrNO2/c1-10-4-13(9-18-8-10)15(19)7-12-6-14(17)5-11-2-3-20-16(11)12/h4-6,8-9,15,19H,2-3,7H2,1H3. The summed E-state index contributed by atoms with van der Waals surface area (Å²) < 4.78 is 6.73. The van der Waals surface area contributed by atoms with E-state index in [0.717, 1.165) is 39.9 Å². The summed E-state index contributed by atoms with van der Waals surface area (Å²) in [6, 6.07) is 6.08. The zero-order valence-electron chi connectivity index (χ0n) is 11.3. The molecule has 1 aromatic heterocycles. The highest BCUT2D eigenvalue weighted by Crippen LogP contribution is 2.35. The van der Waals surface area contributed by atoms with Crippen LogP contribution in [0.15, 0.2) is 35.1 Å². The quantitative estimate of drug-likeness (QED) is 0.936. The van der Waals surface area contributed by atoms with Crippen LogP contribution in [0, 0.1) is 6.92 Å². The third-order valence-electron chi connectivity index (χ3n) is 3.52. The molecule has 3 nitrogen and oxygen atoms in total. The van der Waals surface area contributed by atoms with Crippen LogP contribution < -0.4 is 4.74 Å². The van der Waals surface area contributed by atoms with Gasteiger partial charge in [0, 0.05) is 29.7 Å². The highest BCUT2D eigenvalue weighted by atomic mass is 79.9. The van der Waals surface area contributed by atoms with Gasteiger partial charge >= 0.3 is 0 Å². The Bertz CT molecular complexity index is 642. The molecule has 1 aliphatic rings. The number of aliphatic hydroxyl groups excluding tert-OH is 1. The molecule has 2 aromatic rings. The monoisotopic (exact) mass is 333 g/mol. The van der Waals surface area contributed by atoms with Crippen molar-refractivity contribution in [3.8, 4) is 5.75 Å². The number of ether oxygens (including phenoxy) is 1. The lowest BCUT2D eigenvalue weighted by Gasteiger charge is -2.14. The van der Waals surface area contributed by atoms with Gasteiger partial charge in [-0.1, -0.05) is 22.0 Å². The number of fused-ring (bicyclic) bond motifs is 1. The van der Waals surface area contributed by atoms with Gasteiger partial charge in [-0.15, -0.1) is 0 Å². The first kappa shape index (κ1) is 13.6. The number of hydrogen-bond acceptors (Lipinski definition) is 3. The van der Waals surface area contributed by atoms with Gasteiger partial charge in [0.05, 0.1) is 12.7 Å². The van der Waals surface area contributed by atoms with Crippen LogP contribution in [0.4, 0.5) is 0 Å². The molecule has 1 aliphatic heterocycles. The number of pyridine rings is 1. The Morgan fingerprint density at radius 3 is 3.00 bits per heavy atom. The lowest BCUT2D eigenvalue weighted by molar-refractivity contribution is 0.176. The molecule has 0 saturated carbocycles. The minimum atomic E-state index is -0.565. The summed E-state index contributed by atoms with van der Waals surface area (Å²) in [7, 11) is 0. The summed E-state index contributed by atoms with van der Waals surface area (Å²) in [6.45, 7) is 2.70. The number of aryl methyl sites for hydroxylation is 1. The molecule has 104 valence electrons. The Hall–Kier alpha value is -1.39. The predicted molar refractivity (Wildman–Crippen MR) is 81.0 cm³/mol. The Morgan fingerprint density at radius 2 is 2.20 bits per heavy atom. The average Bonchev–Trinajstić information content (AvgIpc) is 2.86. The van der Waals surface area contributed by atoms with Crippen molar-refractivity contribution in [3.63, 3.8) is 0 Å². The van der Waals surface area contributed by atoms with E-state index in [1.807, 2.05) is 19.1 Å². The minimum absolute atomic E-state index is 0.535. The van der Waals surface area contributed by atoms with E-state index in [2.05, 4.69) is 27.0 Å². The zero-order chi connectivity index (χ0) is 14.1. The van der Waals surface area contributed by atoms with Crippen molar-refractivity contribution in [3.05, 3.63) is 57.3 Å². The first-order valence-electron chi connectivity index (χ1n) is 6.67. The van der Waals surface area contributed by atoms with Crippen molar-refractivity contribution in [2.24, 2.45) is 0 Å². The third kappa shape index (κ3) is 2.72. The van der Waals surface area contributed by atoms with Gasteiger partial charge in [-0.2, -0.15) is 0 Å². The van der Waals surface area contributed by atoms with Gasteiger partial charge in [-0.05, 0) is 41.3 Å². The van der Waals surface area contributed by atoms with Crippen LogP contribution in [0.5, 0.6) is 5.75 Å². The average molecular weight is 334 g/mol. The summed E-state index contributed by atoms with van der Waals surface area (Å²) >= 11 is 3.52. The fraction of sp³-hybridized carbons (Fsp3) is 0.312. The Morgan fingerprint density at radius 1 is 1.35 bits per heavy atom. The van der Waals surface area contributed by atoms with Crippen molar-refractivity contribution in [2.45, 2.75) is 25.9 Å². The molecular formula is C16H16BrNO2. The second-order valence-corrected chi connectivity index (χ2v) is 6.08. The van der Waals surface area contributed by atoms with E-state index in [1.165, 1.54) is 5.56 Å². The maximum absolute atomic E-state index is 10.4. The summed E-state index contributed by atoms with van der Waals surface area (Å²) in [5, 5.41) is 10.4. The van der Waals surface area contributed by atoms with Gasteiger partial charge in [0.25, 0.3) is 0 Å². The molecule has 0 spiro atoms. The highest BCUT2D eigenvalue weighted by molar-refractivity contribution is 9.10. The maximum atomic E-state index is 10.4. The smallest absolute Gasteiger partial charge is 0.125 e. The van der Waals surface area contributed by atoms with Gasteiger partial charge < -0.3 is 9.84 Å². The van der Waals surface area contributed by atoms with E-state index < -0.39 is 6.10 Å². The van der Waals surface area contributed by atoms with Gasteiger partial charge in [-0.25, -0.2) is 0 Å². The fourth-order valence-electron chi connectivity index (χ4n) is 2.58. The van der Waals surface area contributed by atoms with Crippen LogP contribution in [0.25, 0.3) is 0 Å². The van der Waals surface area contributed by atoms with Crippen molar-refractivity contribution in [1.29, 1.82) is 0 Å². The molecule has 1 N–H and O–H groups in total. The van der Waals surface area contributed by atoms with E-state index in [4.69, 9.17) is 4.74 Å². The van der Waals surface area contributed by atoms with Crippen molar-refractivity contribution >= 4 is 15.9 Å². The zero-order valence-corrected chi connectivity index (χ0v) is 12.9. The molecule has 0 amide bonds. The van der Waals surface area contributed by atoms with E-state index >= 15 is 0 Å². The Labute approximate surface area is 126 Å². The topological polar surface area (TPSA) is 42.4 Å². The van der Waals surface area contributed by atoms with E-state index in [9.17, 15) is 5.11 Å². The first-order chi connectivity index (χ1) is 9.63. The molecule has 0 radical (unpaired) electrons. The number of hydrogen-bond donors (Lipinski definition) is 1. The summed E-state index contributed by atoms with van der Waals surface area (Å²) in [6.07, 6.45) is 4.41. The van der Waals surface area contributed by atoms with Gasteiger partial charge in [0.15, 0.2) is 0 Å². The second kappa shape index (κ2) is 5.54. The lowest BCUT2D eigenvalue weighted by Crippen LogP contribution is -2.04. The maximum Gasteiger partial charge on any atom is 0.125 e. The molecule has 20 heavy (non-hydrogen) atoms. The largest absolute Gasteiger partial charge is 0.493 e. The van der Waals surface area contributed by atoms with Crippen molar-refractivity contribution < 1.29 is 9.84 Å². The van der Waals surface area contributed by atoms with Crippen LogP contribution in [0.2, 0.25) is 0 Å². The van der Waals surface area contributed by atoms with Crippen molar-refractivity contribution in [2.75, 3.05) is 6.61 Å². The Balaban J connectivity index is 1.88. The van der Waals surface area contributed by atoms with E-state index in [1.54, 1.807) is 12.4 Å². The molecule has 1 aromatic carbocycles. The normalized spacial score (nSPS) is 14.8. The number of aliphatic hydroxyl groups is 1. The highest BCUT2D eigenvalue weighted by Gasteiger charge is 2.20. The van der Waals surface area contributed by atoms with Crippen LogP contribution in [-0.4, -0.2) is 16.7 Å². The number of halogens is 1. The van der Waals surface area contributed by atoms with E-state index in [0.29, 0.717) is 6.42 Å². The van der Waals surface area contributed by atoms with E-state index in [-0.39, 0.29) is 0 Å². The molecule has 1 unspecified atom stereocenters. The molecule has 3 rings (SSSR count). The SMILES string of the molecule is Cc1cncc(C(O)Cc2cc(Br)cc3c2OCC3)c1. The molecule has 0 saturated heterocycles. The molecular weight excluding hydrogens is 318 g/mol. The summed E-state index contributed by atoms with van der Waals surface area (Å²) in [5.74, 6) is 0.938. The first-order valence-corrected chi connectivity index (χ1v) is 7.46. The summed E-state index contributed by atoms with van der Waals surface area (Å²) in [4.78, 5) is 4.14. The minimum Gasteiger partial charge on any atom is -0.493 e. The second-order valence-electron chi connectivity index (χ2n) is 5.17. The number of benzene rings is 1. The van der Waals surface area contributed by atoms with Crippen LogP contribution >= 0.6 is 15.9 Å². The van der Waals surface area contributed by atoms with Gasteiger partial charge in [0.1, 0.15) is 5.75 Å². The van der Waals surface area contributed by atoms with Crippen molar-refractivity contribution in [1.82, 2.24) is 4.98 Å². The van der Waals surface area contributed by atoms with Crippen LogP contribution in [-0.2, 0) is 12.8 Å². The summed E-state index contributed by atoms with van der Waals surface area (Å²) in [5.41, 5.74) is 4.15. The Kier molecular flexibility index (Phi) is 3.76. The van der Waals surface area contributed by atoms with Crippen LogP contribution in [0.1, 0.15) is 28.4 Å². The molecule has 0 bridgehead atoms. The molecule has 0 fully saturated rings. The predicted octanol–water partition coefficient (Wildman–Crippen LogP) is 3.36. The molecule has 2 heterocycles.